The minimum Gasteiger partial charge on any atom is -0.493 e. The summed E-state index contributed by atoms with van der Waals surface area (Å²) in [5.41, 5.74) is 1.40. The lowest BCUT2D eigenvalue weighted by atomic mass is 9.57. The van der Waals surface area contributed by atoms with Crippen LogP contribution in [-0.4, -0.2) is 55.4 Å². The Morgan fingerprint density at radius 3 is 2.32 bits per heavy atom. The number of likely N-dealkylation sites (tertiary alicyclic amines) is 1. The van der Waals surface area contributed by atoms with Gasteiger partial charge in [-0.3, -0.25) is 9.59 Å². The molecule has 0 N–H and O–H groups in total. The molecule has 0 aromatic heterocycles. The number of nitrogens with zero attached hydrogens (tertiary/aromatic N) is 2. The molecule has 1 saturated heterocycles. The van der Waals surface area contributed by atoms with Crippen LogP contribution in [0.2, 0.25) is 5.02 Å². The maximum Gasteiger partial charge on any atom is 0.254 e. The van der Waals surface area contributed by atoms with Crippen molar-refractivity contribution in [1.82, 2.24) is 9.80 Å². The van der Waals surface area contributed by atoms with Gasteiger partial charge in [0.05, 0.1) is 22.6 Å². The van der Waals surface area contributed by atoms with Crippen molar-refractivity contribution in [3.8, 4) is 5.75 Å². The van der Waals surface area contributed by atoms with Crippen LogP contribution in [0.4, 0.5) is 0 Å². The average molecular weight is 483 g/mol. The zero-order valence-electron chi connectivity index (χ0n) is 20.6. The number of halogens is 1. The Hall–Kier alpha value is -2.53. The summed E-state index contributed by atoms with van der Waals surface area (Å²) in [6.07, 6.45) is 4.41. The Kier molecular flexibility index (Phi) is 6.95. The number of rotatable bonds is 6. The lowest BCUT2D eigenvalue weighted by Crippen LogP contribution is -2.52. The number of benzene rings is 2. The molecule has 34 heavy (non-hydrogen) atoms. The van der Waals surface area contributed by atoms with Crippen molar-refractivity contribution >= 4 is 23.4 Å². The van der Waals surface area contributed by atoms with Crippen molar-refractivity contribution in [3.05, 3.63) is 64.7 Å². The van der Waals surface area contributed by atoms with Crippen molar-refractivity contribution in [2.24, 2.45) is 11.3 Å². The second kappa shape index (κ2) is 9.61. The van der Waals surface area contributed by atoms with Gasteiger partial charge in [0.1, 0.15) is 5.75 Å². The van der Waals surface area contributed by atoms with Crippen LogP contribution in [0.15, 0.2) is 48.5 Å². The molecule has 2 amide bonds. The van der Waals surface area contributed by atoms with Crippen LogP contribution in [-0.2, 0) is 10.2 Å². The van der Waals surface area contributed by atoms with Crippen LogP contribution in [0.25, 0.3) is 0 Å². The SMILES string of the molecule is CN(C)C(=O)c1ccc(OCC2CC3(CCN(C(=O)C(C)(C)c4ccccc4)CC3)C2)cc1Cl. The largest absolute Gasteiger partial charge is 0.493 e. The minimum atomic E-state index is -0.504. The highest BCUT2D eigenvalue weighted by atomic mass is 35.5. The second-order valence-corrected chi connectivity index (χ2v) is 11.1. The van der Waals surface area contributed by atoms with Gasteiger partial charge in [-0.1, -0.05) is 41.9 Å². The zero-order valence-corrected chi connectivity index (χ0v) is 21.4. The Morgan fingerprint density at radius 2 is 1.74 bits per heavy atom. The third-order valence-electron chi connectivity index (χ3n) is 7.65. The first-order valence-electron chi connectivity index (χ1n) is 12.1. The van der Waals surface area contributed by atoms with Crippen LogP contribution < -0.4 is 4.74 Å². The van der Waals surface area contributed by atoms with E-state index in [4.69, 9.17) is 16.3 Å². The molecule has 0 unspecified atom stereocenters. The van der Waals surface area contributed by atoms with E-state index in [-0.39, 0.29) is 11.8 Å². The molecule has 5 nitrogen and oxygen atoms in total. The van der Waals surface area contributed by atoms with Crippen LogP contribution in [0.3, 0.4) is 0 Å². The number of amides is 2. The van der Waals surface area contributed by atoms with Gasteiger partial charge in [-0.2, -0.15) is 0 Å². The molecule has 2 fully saturated rings. The number of ether oxygens (including phenoxy) is 1. The number of piperidine rings is 1. The Morgan fingerprint density at radius 1 is 1.09 bits per heavy atom. The first-order valence-corrected chi connectivity index (χ1v) is 12.5. The Bertz CT molecular complexity index is 1030. The van der Waals surface area contributed by atoms with Gasteiger partial charge < -0.3 is 14.5 Å². The molecule has 2 aliphatic rings. The fourth-order valence-corrected chi connectivity index (χ4v) is 5.71. The van der Waals surface area contributed by atoms with Gasteiger partial charge in [0.2, 0.25) is 5.91 Å². The zero-order chi connectivity index (χ0) is 24.5. The summed E-state index contributed by atoms with van der Waals surface area (Å²) in [5, 5.41) is 0.414. The lowest BCUT2D eigenvalue weighted by Gasteiger charge is -2.52. The van der Waals surface area contributed by atoms with Gasteiger partial charge in [-0.05, 0) is 74.6 Å². The topological polar surface area (TPSA) is 49.9 Å². The van der Waals surface area contributed by atoms with E-state index in [0.29, 0.717) is 34.3 Å². The first kappa shape index (κ1) is 24.6. The normalized spacial score (nSPS) is 17.9. The maximum absolute atomic E-state index is 13.3. The molecule has 0 radical (unpaired) electrons. The lowest BCUT2D eigenvalue weighted by molar-refractivity contribution is -0.140. The Labute approximate surface area is 208 Å². The third kappa shape index (κ3) is 4.95. The van der Waals surface area contributed by atoms with E-state index in [1.165, 1.54) is 4.90 Å². The molecule has 1 aliphatic heterocycles. The van der Waals surface area contributed by atoms with Crippen LogP contribution in [0.1, 0.15) is 55.5 Å². The molecule has 1 spiro atoms. The second-order valence-electron chi connectivity index (χ2n) is 10.7. The summed E-state index contributed by atoms with van der Waals surface area (Å²) in [7, 11) is 3.42. The monoisotopic (exact) mass is 482 g/mol. The van der Waals surface area contributed by atoms with E-state index < -0.39 is 5.41 Å². The summed E-state index contributed by atoms with van der Waals surface area (Å²) in [5.74, 6) is 1.32. The predicted octanol–water partition coefficient (Wildman–Crippen LogP) is 5.42. The summed E-state index contributed by atoms with van der Waals surface area (Å²) in [4.78, 5) is 29.0. The van der Waals surface area contributed by atoms with Gasteiger partial charge >= 0.3 is 0 Å². The van der Waals surface area contributed by atoms with Crippen molar-refractivity contribution in [3.63, 3.8) is 0 Å². The van der Waals surface area contributed by atoms with E-state index in [9.17, 15) is 9.59 Å². The molecular weight excluding hydrogens is 448 g/mol. The van der Waals surface area contributed by atoms with E-state index in [1.54, 1.807) is 26.2 Å². The molecule has 6 heteroatoms. The average Bonchev–Trinajstić information content (AvgIpc) is 2.81. The molecule has 4 rings (SSSR count). The standard InChI is InChI=1S/C28H35ClN2O3/c1-27(2,21-8-6-5-7-9-21)26(33)31-14-12-28(13-15-31)17-20(18-28)19-34-22-10-11-23(24(29)16-22)25(32)30(3)4/h5-11,16,20H,12-15,17-19H2,1-4H3. The quantitative estimate of drug-likeness (QED) is 0.552. The first-order chi connectivity index (χ1) is 16.1. The fraction of sp³-hybridized carbons (Fsp3) is 0.500. The molecular formula is C28H35ClN2O3. The third-order valence-corrected chi connectivity index (χ3v) is 7.96. The molecule has 1 aliphatic carbocycles. The van der Waals surface area contributed by atoms with E-state index in [0.717, 1.165) is 44.3 Å². The summed E-state index contributed by atoms with van der Waals surface area (Å²) < 4.78 is 6.00. The van der Waals surface area contributed by atoms with Crippen molar-refractivity contribution in [2.45, 2.75) is 44.9 Å². The highest BCUT2D eigenvalue weighted by molar-refractivity contribution is 6.34. The van der Waals surface area contributed by atoms with Crippen molar-refractivity contribution in [1.29, 1.82) is 0 Å². The number of hydrogen-bond acceptors (Lipinski definition) is 3. The molecule has 1 heterocycles. The summed E-state index contributed by atoms with van der Waals surface area (Å²) >= 11 is 6.30. The molecule has 0 bridgehead atoms. The summed E-state index contributed by atoms with van der Waals surface area (Å²) in [6.45, 7) is 6.38. The van der Waals surface area contributed by atoms with E-state index in [2.05, 4.69) is 4.90 Å². The fourth-order valence-electron chi connectivity index (χ4n) is 5.46. The smallest absolute Gasteiger partial charge is 0.254 e. The molecule has 0 atom stereocenters. The maximum atomic E-state index is 13.3. The number of hydrogen-bond donors (Lipinski definition) is 0. The highest BCUT2D eigenvalue weighted by Gasteiger charge is 2.47. The summed E-state index contributed by atoms with van der Waals surface area (Å²) in [6, 6.07) is 15.3. The van der Waals surface area contributed by atoms with Crippen molar-refractivity contribution in [2.75, 3.05) is 33.8 Å². The van der Waals surface area contributed by atoms with Gasteiger partial charge in [0.15, 0.2) is 0 Å². The van der Waals surface area contributed by atoms with Gasteiger partial charge in [0, 0.05) is 27.2 Å². The molecule has 182 valence electrons. The van der Waals surface area contributed by atoms with Gasteiger partial charge in [-0.15, -0.1) is 0 Å². The van der Waals surface area contributed by atoms with Crippen LogP contribution in [0.5, 0.6) is 5.75 Å². The molecule has 1 saturated carbocycles. The van der Waals surface area contributed by atoms with Crippen LogP contribution in [0, 0.1) is 11.3 Å². The van der Waals surface area contributed by atoms with Crippen molar-refractivity contribution < 1.29 is 14.3 Å². The van der Waals surface area contributed by atoms with Gasteiger partial charge in [-0.25, -0.2) is 0 Å². The van der Waals surface area contributed by atoms with Crippen LogP contribution >= 0.6 is 11.6 Å². The Balaban J connectivity index is 1.25. The highest BCUT2D eigenvalue weighted by Crippen LogP contribution is 2.53. The molecule has 2 aromatic rings. The predicted molar refractivity (Wildman–Crippen MR) is 135 cm³/mol. The minimum absolute atomic E-state index is 0.116. The van der Waals surface area contributed by atoms with E-state index in [1.807, 2.05) is 50.2 Å². The van der Waals surface area contributed by atoms with Gasteiger partial charge in [0.25, 0.3) is 5.91 Å². The number of carbonyl (C=O) groups excluding carboxylic acids is 2. The number of carbonyl (C=O) groups is 2. The van der Waals surface area contributed by atoms with E-state index >= 15 is 0 Å². The molecule has 2 aromatic carbocycles.